The van der Waals surface area contributed by atoms with E-state index in [1.54, 1.807) is 11.8 Å². The van der Waals surface area contributed by atoms with Crippen LogP contribution in [0.15, 0.2) is 64.8 Å². The molecule has 2 aromatic heterocycles. The van der Waals surface area contributed by atoms with Crippen molar-refractivity contribution in [3.05, 3.63) is 60.3 Å². The van der Waals surface area contributed by atoms with Crippen molar-refractivity contribution < 1.29 is 4.79 Å². The van der Waals surface area contributed by atoms with Gasteiger partial charge in [0, 0.05) is 45.9 Å². The first kappa shape index (κ1) is 21.2. The fraction of sp³-hybridized carbons (Fsp3) is 0.292. The van der Waals surface area contributed by atoms with E-state index in [0.717, 1.165) is 46.0 Å². The molecule has 164 valence electrons. The summed E-state index contributed by atoms with van der Waals surface area (Å²) >= 11 is 3.22. The van der Waals surface area contributed by atoms with Gasteiger partial charge in [0.25, 0.3) is 0 Å². The van der Waals surface area contributed by atoms with Crippen LogP contribution in [0.3, 0.4) is 0 Å². The second-order valence-electron chi connectivity index (χ2n) is 7.96. The Morgan fingerprint density at radius 3 is 2.75 bits per heavy atom. The van der Waals surface area contributed by atoms with E-state index in [1.807, 2.05) is 18.3 Å². The Balaban J connectivity index is 1.19. The van der Waals surface area contributed by atoms with Gasteiger partial charge in [0.05, 0.1) is 5.75 Å². The van der Waals surface area contributed by atoms with E-state index < -0.39 is 0 Å². The summed E-state index contributed by atoms with van der Waals surface area (Å²) in [6, 6.07) is 17.1. The van der Waals surface area contributed by atoms with Crippen molar-refractivity contribution in [1.29, 1.82) is 0 Å². The molecule has 5 rings (SSSR count). The van der Waals surface area contributed by atoms with Crippen LogP contribution in [-0.4, -0.2) is 43.7 Å². The first-order valence-electron chi connectivity index (χ1n) is 10.8. The third kappa shape index (κ3) is 4.71. The second-order valence-corrected chi connectivity index (χ2v) is 10.1. The average molecular weight is 464 g/mol. The van der Waals surface area contributed by atoms with Crippen LogP contribution < -0.4 is 5.32 Å². The van der Waals surface area contributed by atoms with Crippen molar-refractivity contribution in [2.24, 2.45) is 0 Å². The molecule has 4 aromatic rings. The van der Waals surface area contributed by atoms with Gasteiger partial charge in [0.1, 0.15) is 0 Å². The summed E-state index contributed by atoms with van der Waals surface area (Å²) in [5.74, 6) is 2.09. The molecule has 2 N–H and O–H groups in total. The number of carbonyl (C=O) groups excluding carboxylic acids is 1. The molecule has 0 spiro atoms. The van der Waals surface area contributed by atoms with Crippen molar-refractivity contribution in [3.63, 3.8) is 0 Å². The number of fused-ring (bicyclic) bond motifs is 1. The molecule has 0 bridgehead atoms. The minimum atomic E-state index is 0.0264. The number of hydrogen-bond donors (Lipinski definition) is 2. The van der Waals surface area contributed by atoms with Gasteiger partial charge in [-0.2, -0.15) is 0 Å². The van der Waals surface area contributed by atoms with Crippen LogP contribution in [-0.2, 0) is 4.79 Å². The lowest BCUT2D eigenvalue weighted by atomic mass is 10.1. The van der Waals surface area contributed by atoms with Crippen molar-refractivity contribution in [2.75, 3.05) is 18.1 Å². The normalized spacial score (nSPS) is 13.5. The van der Waals surface area contributed by atoms with Gasteiger partial charge >= 0.3 is 0 Å². The molecule has 32 heavy (non-hydrogen) atoms. The van der Waals surface area contributed by atoms with Gasteiger partial charge in [0.2, 0.25) is 5.91 Å². The van der Waals surface area contributed by atoms with Crippen molar-refractivity contribution in [2.45, 2.75) is 35.9 Å². The van der Waals surface area contributed by atoms with Gasteiger partial charge in [-0.1, -0.05) is 47.7 Å². The third-order valence-electron chi connectivity index (χ3n) is 5.45. The third-order valence-corrected chi connectivity index (χ3v) is 7.41. The highest BCUT2D eigenvalue weighted by atomic mass is 32.2. The molecular weight excluding hydrogens is 438 g/mol. The molecule has 0 radical (unpaired) electrons. The predicted molar refractivity (Wildman–Crippen MR) is 131 cm³/mol. The Bertz CT molecular complexity index is 1230. The Hall–Kier alpha value is -2.71. The molecule has 2 heterocycles. The van der Waals surface area contributed by atoms with Crippen molar-refractivity contribution in [1.82, 2.24) is 25.1 Å². The number of nitrogens with zero attached hydrogens (tertiary/aromatic N) is 3. The Labute approximate surface area is 195 Å². The molecule has 1 fully saturated rings. The topological polar surface area (TPSA) is 75.6 Å². The number of para-hydroxylation sites is 1. The summed E-state index contributed by atoms with van der Waals surface area (Å²) < 4.78 is 2.21. The Morgan fingerprint density at radius 1 is 1.12 bits per heavy atom. The summed E-state index contributed by atoms with van der Waals surface area (Å²) in [5, 5.41) is 13.9. The van der Waals surface area contributed by atoms with E-state index in [1.165, 1.54) is 22.2 Å². The summed E-state index contributed by atoms with van der Waals surface area (Å²) in [5.41, 5.74) is 3.40. The molecule has 2 aromatic carbocycles. The lowest BCUT2D eigenvalue weighted by Gasteiger charge is -2.09. The minimum absolute atomic E-state index is 0.0264. The highest BCUT2D eigenvalue weighted by Gasteiger charge is 2.31. The van der Waals surface area contributed by atoms with E-state index in [-0.39, 0.29) is 5.91 Å². The number of thioether (sulfide) groups is 2. The van der Waals surface area contributed by atoms with E-state index >= 15 is 0 Å². The monoisotopic (exact) mass is 463 g/mol. The van der Waals surface area contributed by atoms with Gasteiger partial charge in [0.15, 0.2) is 11.0 Å². The maximum Gasteiger partial charge on any atom is 0.230 e. The predicted octanol–water partition coefficient (Wildman–Crippen LogP) is 5.07. The van der Waals surface area contributed by atoms with Crippen LogP contribution in [0.5, 0.6) is 0 Å². The number of aryl methyl sites for hydroxylation is 1. The number of amides is 1. The molecule has 0 saturated heterocycles. The van der Waals surface area contributed by atoms with Crippen LogP contribution in [0, 0.1) is 6.92 Å². The quantitative estimate of drug-likeness (QED) is 0.268. The maximum absolute atomic E-state index is 12.4. The maximum atomic E-state index is 12.4. The number of hydrogen-bond acceptors (Lipinski definition) is 5. The lowest BCUT2D eigenvalue weighted by molar-refractivity contribution is -0.118. The molecule has 8 heteroatoms. The zero-order chi connectivity index (χ0) is 21.9. The van der Waals surface area contributed by atoms with Crippen LogP contribution in [0.4, 0.5) is 0 Å². The van der Waals surface area contributed by atoms with E-state index in [9.17, 15) is 4.79 Å². The zero-order valence-electron chi connectivity index (χ0n) is 17.9. The van der Waals surface area contributed by atoms with Crippen LogP contribution in [0.25, 0.3) is 22.3 Å². The summed E-state index contributed by atoms with van der Waals surface area (Å²) in [6.45, 7) is 2.73. The molecular formula is C24H25N5OS2. The number of H-pyrrole nitrogens is 1. The largest absolute Gasteiger partial charge is 0.360 e. The van der Waals surface area contributed by atoms with E-state index in [0.29, 0.717) is 18.3 Å². The van der Waals surface area contributed by atoms with Crippen LogP contribution in [0.2, 0.25) is 0 Å². The number of aromatic nitrogens is 4. The SMILES string of the molecule is Cc1ccc(SCCNC(=O)CSc2nnc(-c3c[nH]c4ccccc34)n2C2CC2)cc1. The first-order chi connectivity index (χ1) is 15.7. The lowest BCUT2D eigenvalue weighted by Crippen LogP contribution is -2.27. The van der Waals surface area contributed by atoms with Gasteiger partial charge in [-0.25, -0.2) is 0 Å². The van der Waals surface area contributed by atoms with Gasteiger partial charge in [-0.05, 0) is 38.0 Å². The fourth-order valence-electron chi connectivity index (χ4n) is 3.65. The first-order valence-corrected chi connectivity index (χ1v) is 12.8. The van der Waals surface area contributed by atoms with Gasteiger partial charge in [-0.15, -0.1) is 22.0 Å². The Kier molecular flexibility index (Phi) is 6.23. The van der Waals surface area contributed by atoms with E-state index in [4.69, 9.17) is 0 Å². The highest BCUT2D eigenvalue weighted by molar-refractivity contribution is 7.99. The van der Waals surface area contributed by atoms with Gasteiger partial charge < -0.3 is 10.3 Å². The molecule has 0 aliphatic heterocycles. The molecule has 1 amide bonds. The molecule has 1 aliphatic rings. The van der Waals surface area contributed by atoms with Crippen LogP contribution in [0.1, 0.15) is 24.4 Å². The molecule has 6 nitrogen and oxygen atoms in total. The number of nitrogens with one attached hydrogen (secondary N) is 2. The summed E-state index contributed by atoms with van der Waals surface area (Å²) in [6.07, 6.45) is 4.26. The van der Waals surface area contributed by atoms with Crippen LogP contribution >= 0.6 is 23.5 Å². The van der Waals surface area contributed by atoms with Crippen molar-refractivity contribution in [3.8, 4) is 11.4 Å². The van der Waals surface area contributed by atoms with Crippen molar-refractivity contribution >= 4 is 40.3 Å². The summed E-state index contributed by atoms with van der Waals surface area (Å²) in [4.78, 5) is 16.9. The number of aromatic amines is 1. The standard InChI is InChI=1S/C24H25N5OS2/c1-16-6-10-18(11-7-16)31-13-12-25-22(30)15-32-24-28-27-23(29(24)17-8-9-17)20-14-26-21-5-3-2-4-19(20)21/h2-7,10-11,14,17,26H,8-9,12-13,15H2,1H3,(H,25,30). The molecule has 1 saturated carbocycles. The Morgan fingerprint density at radius 2 is 1.94 bits per heavy atom. The summed E-state index contributed by atoms with van der Waals surface area (Å²) in [7, 11) is 0. The second kappa shape index (κ2) is 9.42. The fourth-order valence-corrected chi connectivity index (χ4v) is 5.26. The van der Waals surface area contributed by atoms with Gasteiger partial charge in [-0.3, -0.25) is 9.36 Å². The minimum Gasteiger partial charge on any atom is -0.360 e. The average Bonchev–Trinajstić information content (AvgIpc) is 3.42. The molecule has 0 atom stereocenters. The van der Waals surface area contributed by atoms with E-state index in [2.05, 4.69) is 68.4 Å². The zero-order valence-corrected chi connectivity index (χ0v) is 19.5. The number of benzene rings is 2. The molecule has 0 unspecified atom stereocenters. The highest BCUT2D eigenvalue weighted by Crippen LogP contribution is 2.42. The molecule has 1 aliphatic carbocycles. The number of carbonyl (C=O) groups is 1. The number of rotatable bonds is 9. The smallest absolute Gasteiger partial charge is 0.230 e.